The molecule has 2 rings (SSSR count). The van der Waals surface area contributed by atoms with Gasteiger partial charge < -0.3 is 4.90 Å². The van der Waals surface area contributed by atoms with Crippen molar-refractivity contribution in [3.8, 4) is 0 Å². The molecule has 0 aliphatic carbocycles. The molecular weight excluding hydrogens is 214 g/mol. The van der Waals surface area contributed by atoms with Crippen molar-refractivity contribution in [2.24, 2.45) is 0 Å². The van der Waals surface area contributed by atoms with Gasteiger partial charge >= 0.3 is 0 Å². The van der Waals surface area contributed by atoms with Crippen LogP contribution in [0.1, 0.15) is 15.9 Å². The van der Waals surface area contributed by atoms with E-state index in [0.29, 0.717) is 12.1 Å². The third kappa shape index (κ3) is 2.02. The highest BCUT2D eigenvalue weighted by Gasteiger charge is 2.28. The third-order valence-electron chi connectivity index (χ3n) is 2.29. The zero-order valence-corrected chi connectivity index (χ0v) is 9.12. The van der Waals surface area contributed by atoms with E-state index < -0.39 is 9.84 Å². The van der Waals surface area contributed by atoms with E-state index in [0.717, 1.165) is 11.8 Å². The number of benzene rings is 1. The summed E-state index contributed by atoms with van der Waals surface area (Å²) >= 11 is 0. The van der Waals surface area contributed by atoms with Crippen LogP contribution in [0, 0.1) is 0 Å². The summed E-state index contributed by atoms with van der Waals surface area (Å²) in [5, 5.41) is 0. The first kappa shape index (κ1) is 10.2. The largest absolute Gasteiger partial charge is 0.320 e. The average Bonchev–Trinajstić information content (AvgIpc) is 2.42. The van der Waals surface area contributed by atoms with Crippen molar-refractivity contribution < 1.29 is 13.2 Å². The highest BCUT2D eigenvalue weighted by atomic mass is 32.2. The number of hydrogen-bond donors (Lipinski definition) is 0. The molecule has 0 aromatic heterocycles. The van der Waals surface area contributed by atoms with Crippen molar-refractivity contribution in [1.82, 2.24) is 4.90 Å². The average molecular weight is 225 g/mol. The molecule has 0 unspecified atom stereocenters. The Morgan fingerprint density at radius 1 is 1.33 bits per heavy atom. The van der Waals surface area contributed by atoms with E-state index in [1.54, 1.807) is 12.1 Å². The lowest BCUT2D eigenvalue weighted by atomic mass is 10.1. The van der Waals surface area contributed by atoms with Gasteiger partial charge in [-0.05, 0) is 11.6 Å². The molecule has 0 atom stereocenters. The molecule has 1 heterocycles. The number of sulfone groups is 1. The summed E-state index contributed by atoms with van der Waals surface area (Å²) in [7, 11) is -3.15. The summed E-state index contributed by atoms with van der Waals surface area (Å²) in [6.45, 7) is 0.391. The molecule has 5 heteroatoms. The van der Waals surface area contributed by atoms with Crippen LogP contribution in [0.3, 0.4) is 0 Å². The Morgan fingerprint density at radius 3 is 2.60 bits per heavy atom. The van der Waals surface area contributed by atoms with Crippen LogP contribution in [0.5, 0.6) is 0 Å². The van der Waals surface area contributed by atoms with Crippen molar-refractivity contribution in [1.29, 1.82) is 0 Å². The van der Waals surface area contributed by atoms with E-state index in [-0.39, 0.29) is 11.8 Å². The Morgan fingerprint density at radius 2 is 2.00 bits per heavy atom. The fourth-order valence-electron chi connectivity index (χ4n) is 1.70. The van der Waals surface area contributed by atoms with Crippen molar-refractivity contribution in [2.75, 3.05) is 12.1 Å². The molecule has 15 heavy (non-hydrogen) atoms. The van der Waals surface area contributed by atoms with Crippen molar-refractivity contribution in [3.05, 3.63) is 35.4 Å². The molecular formula is C10H11NO3S. The highest BCUT2D eigenvalue weighted by molar-refractivity contribution is 7.90. The van der Waals surface area contributed by atoms with Gasteiger partial charge in [0.05, 0.1) is 0 Å². The van der Waals surface area contributed by atoms with Crippen molar-refractivity contribution in [3.63, 3.8) is 0 Å². The van der Waals surface area contributed by atoms with Gasteiger partial charge in [0.15, 0.2) is 9.84 Å². The molecule has 0 spiro atoms. The van der Waals surface area contributed by atoms with E-state index in [1.807, 2.05) is 12.1 Å². The van der Waals surface area contributed by atoms with Gasteiger partial charge in [-0.25, -0.2) is 8.42 Å². The Balaban J connectivity index is 2.28. The predicted octanol–water partition coefficient (Wildman–Crippen LogP) is 0.644. The van der Waals surface area contributed by atoms with E-state index >= 15 is 0 Å². The number of nitrogens with zero attached hydrogens (tertiary/aromatic N) is 1. The first-order valence-electron chi connectivity index (χ1n) is 4.52. The predicted molar refractivity (Wildman–Crippen MR) is 56.0 cm³/mol. The minimum atomic E-state index is -3.15. The smallest absolute Gasteiger partial charge is 0.255 e. The molecule has 1 aliphatic heterocycles. The molecule has 1 aliphatic rings. The molecule has 4 nitrogen and oxygen atoms in total. The molecule has 0 bridgehead atoms. The van der Waals surface area contributed by atoms with E-state index in [1.165, 1.54) is 4.90 Å². The zero-order chi connectivity index (χ0) is 11.1. The van der Waals surface area contributed by atoms with E-state index in [9.17, 15) is 13.2 Å². The maximum atomic E-state index is 11.7. The van der Waals surface area contributed by atoms with Gasteiger partial charge in [-0.15, -0.1) is 0 Å². The number of amides is 1. The first-order chi connectivity index (χ1) is 6.97. The van der Waals surface area contributed by atoms with Crippen LogP contribution in [-0.2, 0) is 16.4 Å². The number of carbonyl (C=O) groups is 1. The summed E-state index contributed by atoms with van der Waals surface area (Å²) in [6.07, 6.45) is 1.13. The van der Waals surface area contributed by atoms with Crippen LogP contribution in [0.4, 0.5) is 0 Å². The number of rotatable bonds is 2. The van der Waals surface area contributed by atoms with E-state index in [2.05, 4.69) is 0 Å². The second-order valence-corrected chi connectivity index (χ2v) is 5.82. The molecule has 0 N–H and O–H groups in total. The molecule has 1 aromatic rings. The minimum Gasteiger partial charge on any atom is -0.320 e. The minimum absolute atomic E-state index is 0.198. The summed E-state index contributed by atoms with van der Waals surface area (Å²) in [5.41, 5.74) is 1.51. The lowest BCUT2D eigenvalue weighted by Gasteiger charge is -2.13. The summed E-state index contributed by atoms with van der Waals surface area (Å²) in [6, 6.07) is 7.19. The zero-order valence-electron chi connectivity index (χ0n) is 8.30. The Bertz CT molecular complexity index is 507. The second-order valence-electron chi connectivity index (χ2n) is 3.72. The Hall–Kier alpha value is -1.36. The van der Waals surface area contributed by atoms with Gasteiger partial charge in [0.2, 0.25) is 0 Å². The van der Waals surface area contributed by atoms with Crippen LogP contribution < -0.4 is 0 Å². The van der Waals surface area contributed by atoms with Gasteiger partial charge in [0.25, 0.3) is 5.91 Å². The van der Waals surface area contributed by atoms with Crippen molar-refractivity contribution in [2.45, 2.75) is 6.54 Å². The molecule has 80 valence electrons. The quantitative estimate of drug-likeness (QED) is 0.742. The van der Waals surface area contributed by atoms with Gasteiger partial charge in [-0.2, -0.15) is 0 Å². The van der Waals surface area contributed by atoms with Crippen LogP contribution in [0.2, 0.25) is 0 Å². The summed E-state index contributed by atoms with van der Waals surface area (Å²) in [5.74, 6) is -0.406. The fraction of sp³-hybridized carbons (Fsp3) is 0.300. The molecule has 0 saturated heterocycles. The summed E-state index contributed by atoms with van der Waals surface area (Å²) < 4.78 is 22.2. The summed E-state index contributed by atoms with van der Waals surface area (Å²) in [4.78, 5) is 13.1. The molecule has 0 fully saturated rings. The molecule has 1 aromatic carbocycles. The monoisotopic (exact) mass is 225 g/mol. The van der Waals surface area contributed by atoms with Crippen LogP contribution >= 0.6 is 0 Å². The van der Waals surface area contributed by atoms with Crippen LogP contribution in [0.15, 0.2) is 24.3 Å². The van der Waals surface area contributed by atoms with Crippen molar-refractivity contribution >= 4 is 15.7 Å². The topological polar surface area (TPSA) is 54.5 Å². The molecule has 1 amide bonds. The van der Waals surface area contributed by atoms with Crippen LogP contribution in [-0.4, -0.2) is 31.4 Å². The van der Waals surface area contributed by atoms with Crippen LogP contribution in [0.25, 0.3) is 0 Å². The molecule has 0 saturated carbocycles. The van der Waals surface area contributed by atoms with E-state index in [4.69, 9.17) is 0 Å². The maximum absolute atomic E-state index is 11.7. The maximum Gasteiger partial charge on any atom is 0.255 e. The van der Waals surface area contributed by atoms with Gasteiger partial charge in [0, 0.05) is 18.4 Å². The number of hydrogen-bond acceptors (Lipinski definition) is 3. The fourth-order valence-corrected chi connectivity index (χ4v) is 2.48. The molecule has 0 radical (unpaired) electrons. The number of fused-ring (bicyclic) bond motifs is 1. The standard InChI is InChI=1S/C10H11NO3S/c1-15(13,14)7-11-6-8-4-2-3-5-9(8)10(11)12/h2-5H,6-7H2,1H3. The third-order valence-corrected chi connectivity index (χ3v) is 3.07. The normalized spacial score (nSPS) is 15.5. The first-order valence-corrected chi connectivity index (χ1v) is 6.58. The second kappa shape index (κ2) is 3.34. The number of carbonyl (C=O) groups excluding carboxylic acids is 1. The van der Waals surface area contributed by atoms with Gasteiger partial charge in [-0.3, -0.25) is 4.79 Å². The SMILES string of the molecule is CS(=O)(=O)CN1Cc2ccccc2C1=O. The lowest BCUT2D eigenvalue weighted by molar-refractivity contribution is 0.0804. The van der Waals surface area contributed by atoms with Gasteiger partial charge in [-0.1, -0.05) is 18.2 Å². The lowest BCUT2D eigenvalue weighted by Crippen LogP contribution is -2.29. The Labute approximate surface area is 88.4 Å². The van der Waals surface area contributed by atoms with Gasteiger partial charge in [0.1, 0.15) is 5.88 Å². The highest BCUT2D eigenvalue weighted by Crippen LogP contribution is 2.22. The Kier molecular flexibility index (Phi) is 2.26.